The Morgan fingerprint density at radius 1 is 1.58 bits per heavy atom. The number of pyridine rings is 1. The van der Waals surface area contributed by atoms with Crippen LogP contribution in [0.1, 0.15) is 5.56 Å². The molecule has 0 bridgehead atoms. The van der Waals surface area contributed by atoms with Crippen LogP contribution in [0.25, 0.3) is 0 Å². The number of carbonyl (C=O) groups excluding carboxylic acids is 1. The molecule has 1 amide bonds. The minimum Gasteiger partial charge on any atom is -0.272 e. The van der Waals surface area contributed by atoms with Crippen molar-refractivity contribution in [2.45, 2.75) is 0 Å². The van der Waals surface area contributed by atoms with Gasteiger partial charge in [0.05, 0.1) is 4.43 Å². The Balaban J connectivity index is 2.64. The fraction of sp³-hybridized carbons (Fsp3) is 0.125. The van der Waals surface area contributed by atoms with Crippen LogP contribution in [0.15, 0.2) is 29.5 Å². The van der Waals surface area contributed by atoms with E-state index in [0.717, 1.165) is 5.56 Å². The molecule has 0 aliphatic carbocycles. The molecule has 1 rings (SSSR count). The smallest absolute Gasteiger partial charge is 0.255 e. The van der Waals surface area contributed by atoms with Gasteiger partial charge in [-0.25, -0.2) is 4.99 Å². The summed E-state index contributed by atoms with van der Waals surface area (Å²) in [6.45, 7) is 0. The van der Waals surface area contributed by atoms with E-state index in [2.05, 4.69) is 9.98 Å². The zero-order valence-electron chi connectivity index (χ0n) is 6.27. The number of alkyl halides is 1. The molecule has 0 radical (unpaired) electrons. The molecule has 62 valence electrons. The second-order valence-electron chi connectivity index (χ2n) is 2.07. The first-order chi connectivity index (χ1) is 5.83. The van der Waals surface area contributed by atoms with E-state index in [1.807, 2.05) is 22.6 Å². The average molecular weight is 274 g/mol. The van der Waals surface area contributed by atoms with Gasteiger partial charge in [-0.15, -0.1) is 0 Å². The minimum absolute atomic E-state index is 0.118. The minimum atomic E-state index is -0.118. The highest BCUT2D eigenvalue weighted by Crippen LogP contribution is 1.92. The molecule has 1 heterocycles. The summed E-state index contributed by atoms with van der Waals surface area (Å²) in [7, 11) is 0. The molecule has 0 aliphatic heterocycles. The summed E-state index contributed by atoms with van der Waals surface area (Å²) in [4.78, 5) is 18.3. The average Bonchev–Trinajstić information content (AvgIpc) is 2.16. The van der Waals surface area contributed by atoms with Gasteiger partial charge in [0.15, 0.2) is 0 Å². The molecular formula is C8H7IN2O. The Hall–Kier alpha value is -0.780. The second kappa shape index (κ2) is 4.97. The lowest BCUT2D eigenvalue weighted by atomic mass is 10.3. The van der Waals surface area contributed by atoms with Gasteiger partial charge in [-0.1, -0.05) is 22.6 Å². The number of hydrogen-bond donors (Lipinski definition) is 0. The fourth-order valence-corrected chi connectivity index (χ4v) is 0.827. The predicted molar refractivity (Wildman–Crippen MR) is 55.7 cm³/mol. The Labute approximate surface area is 84.1 Å². The van der Waals surface area contributed by atoms with Crippen LogP contribution in [-0.2, 0) is 4.79 Å². The van der Waals surface area contributed by atoms with Crippen molar-refractivity contribution in [3.05, 3.63) is 30.1 Å². The van der Waals surface area contributed by atoms with Crippen LogP contribution in [0.3, 0.4) is 0 Å². The van der Waals surface area contributed by atoms with Gasteiger partial charge in [0.2, 0.25) is 0 Å². The SMILES string of the molecule is O=C(CI)N=Cc1ccncc1. The van der Waals surface area contributed by atoms with Crippen molar-refractivity contribution in [1.29, 1.82) is 0 Å². The van der Waals surface area contributed by atoms with Crippen molar-refractivity contribution in [2.75, 3.05) is 4.43 Å². The summed E-state index contributed by atoms with van der Waals surface area (Å²) in [6.07, 6.45) is 4.87. The lowest BCUT2D eigenvalue weighted by Crippen LogP contribution is -1.94. The zero-order valence-corrected chi connectivity index (χ0v) is 8.43. The van der Waals surface area contributed by atoms with Crippen LogP contribution in [0, 0.1) is 0 Å². The maximum atomic E-state index is 10.8. The lowest BCUT2D eigenvalue weighted by Gasteiger charge is -1.88. The molecule has 0 spiro atoms. The third-order valence-corrected chi connectivity index (χ3v) is 1.83. The lowest BCUT2D eigenvalue weighted by molar-refractivity contribution is -0.115. The van der Waals surface area contributed by atoms with Crippen molar-refractivity contribution in [3.8, 4) is 0 Å². The summed E-state index contributed by atoms with van der Waals surface area (Å²) in [5, 5.41) is 0. The van der Waals surface area contributed by atoms with Crippen molar-refractivity contribution < 1.29 is 4.79 Å². The van der Waals surface area contributed by atoms with Gasteiger partial charge in [-0.2, -0.15) is 0 Å². The number of nitrogens with zero attached hydrogens (tertiary/aromatic N) is 2. The van der Waals surface area contributed by atoms with Crippen LogP contribution in [0.4, 0.5) is 0 Å². The summed E-state index contributed by atoms with van der Waals surface area (Å²) in [5.41, 5.74) is 0.892. The van der Waals surface area contributed by atoms with Crippen LogP contribution in [-0.4, -0.2) is 21.5 Å². The quantitative estimate of drug-likeness (QED) is 0.465. The molecule has 0 aromatic carbocycles. The third-order valence-electron chi connectivity index (χ3n) is 1.18. The van der Waals surface area contributed by atoms with E-state index in [1.165, 1.54) is 0 Å². The highest BCUT2D eigenvalue weighted by Gasteiger charge is 1.91. The van der Waals surface area contributed by atoms with E-state index >= 15 is 0 Å². The van der Waals surface area contributed by atoms with Gasteiger partial charge in [0, 0.05) is 18.6 Å². The van der Waals surface area contributed by atoms with E-state index in [0.29, 0.717) is 4.43 Å². The first-order valence-electron chi connectivity index (χ1n) is 3.36. The molecule has 0 saturated heterocycles. The Morgan fingerprint density at radius 2 is 2.25 bits per heavy atom. The molecule has 1 aromatic heterocycles. The van der Waals surface area contributed by atoms with Crippen LogP contribution < -0.4 is 0 Å². The zero-order chi connectivity index (χ0) is 8.81. The van der Waals surface area contributed by atoms with Gasteiger partial charge in [-0.3, -0.25) is 9.78 Å². The Bertz CT molecular complexity index is 284. The molecule has 0 aliphatic rings. The second-order valence-corrected chi connectivity index (χ2v) is 2.83. The maximum absolute atomic E-state index is 10.8. The van der Waals surface area contributed by atoms with Crippen LogP contribution >= 0.6 is 22.6 Å². The van der Waals surface area contributed by atoms with Crippen molar-refractivity contribution in [2.24, 2.45) is 4.99 Å². The van der Waals surface area contributed by atoms with Gasteiger partial charge in [0.1, 0.15) is 0 Å². The maximum Gasteiger partial charge on any atom is 0.255 e. The number of carbonyl (C=O) groups is 1. The number of halogens is 1. The largest absolute Gasteiger partial charge is 0.272 e. The third kappa shape index (κ3) is 3.08. The molecule has 3 nitrogen and oxygen atoms in total. The first-order valence-corrected chi connectivity index (χ1v) is 4.88. The molecule has 0 unspecified atom stereocenters. The van der Waals surface area contributed by atoms with E-state index in [1.54, 1.807) is 30.7 Å². The number of rotatable bonds is 2. The molecule has 0 fully saturated rings. The standard InChI is InChI=1S/C8H7IN2O/c9-5-8(12)11-6-7-1-3-10-4-2-7/h1-4,6H,5H2. The van der Waals surface area contributed by atoms with E-state index in [4.69, 9.17) is 0 Å². The first kappa shape index (κ1) is 9.31. The molecule has 0 N–H and O–H groups in total. The van der Waals surface area contributed by atoms with Gasteiger partial charge < -0.3 is 0 Å². The number of hydrogen-bond acceptors (Lipinski definition) is 2. The Kier molecular flexibility index (Phi) is 3.86. The van der Waals surface area contributed by atoms with Crippen LogP contribution in [0.5, 0.6) is 0 Å². The Morgan fingerprint density at radius 3 is 2.83 bits per heavy atom. The summed E-state index contributed by atoms with van der Waals surface area (Å²) >= 11 is 1.98. The summed E-state index contributed by atoms with van der Waals surface area (Å²) in [5.74, 6) is -0.118. The number of aliphatic imine (C=N–C) groups is 1. The summed E-state index contributed by atoms with van der Waals surface area (Å²) in [6, 6.07) is 3.59. The number of aromatic nitrogens is 1. The molecule has 12 heavy (non-hydrogen) atoms. The molecule has 1 aromatic rings. The predicted octanol–water partition coefficient (Wildman–Crippen LogP) is 1.46. The molecular weight excluding hydrogens is 267 g/mol. The summed E-state index contributed by atoms with van der Waals surface area (Å²) < 4.78 is 0.416. The van der Waals surface area contributed by atoms with E-state index in [9.17, 15) is 4.79 Å². The normalized spacial score (nSPS) is 10.4. The number of amides is 1. The van der Waals surface area contributed by atoms with Crippen molar-refractivity contribution in [1.82, 2.24) is 4.98 Å². The van der Waals surface area contributed by atoms with E-state index in [-0.39, 0.29) is 5.91 Å². The fourth-order valence-electron chi connectivity index (χ4n) is 0.631. The topological polar surface area (TPSA) is 42.3 Å². The molecule has 4 heteroatoms. The highest BCUT2D eigenvalue weighted by molar-refractivity contribution is 14.1. The monoisotopic (exact) mass is 274 g/mol. The van der Waals surface area contributed by atoms with Gasteiger partial charge in [0.25, 0.3) is 5.91 Å². The van der Waals surface area contributed by atoms with Gasteiger partial charge in [-0.05, 0) is 17.7 Å². The van der Waals surface area contributed by atoms with Crippen molar-refractivity contribution in [3.63, 3.8) is 0 Å². The molecule has 0 saturated carbocycles. The highest BCUT2D eigenvalue weighted by atomic mass is 127. The van der Waals surface area contributed by atoms with Crippen molar-refractivity contribution >= 4 is 34.7 Å². The molecule has 0 atom stereocenters. The van der Waals surface area contributed by atoms with Gasteiger partial charge >= 0.3 is 0 Å². The van der Waals surface area contributed by atoms with E-state index < -0.39 is 0 Å². The van der Waals surface area contributed by atoms with Crippen LogP contribution in [0.2, 0.25) is 0 Å².